The van der Waals surface area contributed by atoms with E-state index < -0.39 is 12.5 Å². The van der Waals surface area contributed by atoms with Crippen molar-refractivity contribution in [1.82, 2.24) is 4.57 Å². The molecule has 1 aromatic heterocycles. The monoisotopic (exact) mass is 402 g/mol. The molecule has 1 atom stereocenters. The highest BCUT2D eigenvalue weighted by Gasteiger charge is 2.37. The molecule has 1 amide bonds. The van der Waals surface area contributed by atoms with E-state index in [-0.39, 0.29) is 23.0 Å². The molecule has 0 saturated carbocycles. The Hall–Kier alpha value is -3.00. The lowest BCUT2D eigenvalue weighted by Gasteiger charge is -2.32. The van der Waals surface area contributed by atoms with Crippen LogP contribution in [0, 0.1) is 0 Å². The molecule has 1 aliphatic heterocycles. The number of halogens is 2. The van der Waals surface area contributed by atoms with E-state index in [0.29, 0.717) is 17.1 Å². The van der Waals surface area contributed by atoms with Crippen LogP contribution in [-0.4, -0.2) is 17.1 Å². The van der Waals surface area contributed by atoms with Gasteiger partial charge in [-0.15, -0.1) is 0 Å². The number of fused-ring (bicyclic) bond motifs is 1. The van der Waals surface area contributed by atoms with Gasteiger partial charge in [-0.1, -0.05) is 41.7 Å². The highest BCUT2D eigenvalue weighted by molar-refractivity contribution is 7.10. The summed E-state index contributed by atoms with van der Waals surface area (Å²) >= 11 is 1.06. The van der Waals surface area contributed by atoms with Crippen molar-refractivity contribution in [2.75, 3.05) is 4.90 Å². The number of aromatic nitrogens is 1. The van der Waals surface area contributed by atoms with E-state index in [1.54, 1.807) is 36.2 Å². The van der Waals surface area contributed by atoms with E-state index in [1.165, 1.54) is 16.7 Å². The molecule has 0 N–H and O–H groups in total. The van der Waals surface area contributed by atoms with Gasteiger partial charge in [0.05, 0.1) is 10.6 Å². The maximum atomic E-state index is 13.0. The molecule has 2 heterocycles. The zero-order valence-corrected chi connectivity index (χ0v) is 15.7. The summed E-state index contributed by atoms with van der Waals surface area (Å²) in [7, 11) is 1.62. The Bertz CT molecular complexity index is 1080. The smallest absolute Gasteiger partial charge is 0.387 e. The average molecular weight is 402 g/mol. The molecule has 0 unspecified atom stereocenters. The molecule has 28 heavy (non-hydrogen) atoms. The number of carbonyl (C=O) groups excluding carboxylic acids is 1. The van der Waals surface area contributed by atoms with Crippen molar-refractivity contribution in [2.45, 2.75) is 19.0 Å². The molecule has 4 rings (SSSR count). The number of rotatable bonds is 4. The van der Waals surface area contributed by atoms with Crippen LogP contribution in [0.5, 0.6) is 5.75 Å². The molecule has 0 spiro atoms. The van der Waals surface area contributed by atoms with Crippen LogP contribution >= 0.6 is 11.3 Å². The lowest BCUT2D eigenvalue weighted by atomic mass is 9.90. The summed E-state index contributed by atoms with van der Waals surface area (Å²) in [4.78, 5) is 27.5. The number of alkyl halides is 2. The molecule has 2 aromatic carbocycles. The Morgan fingerprint density at radius 3 is 2.57 bits per heavy atom. The highest BCUT2D eigenvalue weighted by atomic mass is 32.1. The van der Waals surface area contributed by atoms with E-state index in [0.717, 1.165) is 16.2 Å². The van der Waals surface area contributed by atoms with Crippen LogP contribution in [0.25, 0.3) is 0 Å². The van der Waals surface area contributed by atoms with Gasteiger partial charge in [0.2, 0.25) is 5.91 Å². The second-order valence-electron chi connectivity index (χ2n) is 6.39. The van der Waals surface area contributed by atoms with Gasteiger partial charge in [0.15, 0.2) is 0 Å². The quantitative estimate of drug-likeness (QED) is 0.656. The van der Waals surface area contributed by atoms with Crippen molar-refractivity contribution in [3.8, 4) is 5.75 Å². The summed E-state index contributed by atoms with van der Waals surface area (Å²) in [6.07, 6.45) is 0.125. The molecule has 8 heteroatoms. The second-order valence-corrected chi connectivity index (χ2v) is 7.38. The summed E-state index contributed by atoms with van der Waals surface area (Å²) < 4.78 is 31.1. The molecule has 1 aliphatic rings. The van der Waals surface area contributed by atoms with Crippen LogP contribution in [0.4, 0.5) is 20.3 Å². The molecule has 144 valence electrons. The van der Waals surface area contributed by atoms with Crippen LogP contribution in [0.2, 0.25) is 0 Å². The molecule has 0 fully saturated rings. The van der Waals surface area contributed by atoms with E-state index in [1.807, 2.05) is 18.2 Å². The SMILES string of the molecule is Cn1c2c(sc1=O)[C@@H](c1cccc(OC(F)F)c1)CC(=O)N2c1ccccc1. The normalized spacial score (nSPS) is 16.4. The number of nitrogens with zero attached hydrogens (tertiary/aromatic N) is 2. The Morgan fingerprint density at radius 1 is 1.11 bits per heavy atom. The summed E-state index contributed by atoms with van der Waals surface area (Å²) in [5.41, 5.74) is 1.33. The Morgan fingerprint density at radius 2 is 1.86 bits per heavy atom. The van der Waals surface area contributed by atoms with E-state index in [2.05, 4.69) is 4.74 Å². The number of ether oxygens (including phenoxy) is 1. The molecule has 5 nitrogen and oxygen atoms in total. The van der Waals surface area contributed by atoms with Gasteiger partial charge in [0, 0.05) is 19.4 Å². The van der Waals surface area contributed by atoms with Crippen molar-refractivity contribution >= 4 is 28.7 Å². The van der Waals surface area contributed by atoms with E-state index in [9.17, 15) is 18.4 Å². The minimum Gasteiger partial charge on any atom is -0.435 e. The maximum absolute atomic E-state index is 13.0. The second kappa shape index (κ2) is 7.20. The van der Waals surface area contributed by atoms with Gasteiger partial charge in [0.25, 0.3) is 0 Å². The number of carbonyl (C=O) groups is 1. The lowest BCUT2D eigenvalue weighted by Crippen LogP contribution is -2.34. The van der Waals surface area contributed by atoms with Crippen LogP contribution in [0.1, 0.15) is 22.8 Å². The predicted molar refractivity (Wildman–Crippen MR) is 103 cm³/mol. The minimum absolute atomic E-state index is 0.0234. The molecule has 0 bridgehead atoms. The fourth-order valence-corrected chi connectivity index (χ4v) is 4.54. The molecule has 0 radical (unpaired) electrons. The molecule has 3 aromatic rings. The molecular formula is C20H16F2N2O3S. The van der Waals surface area contributed by atoms with Gasteiger partial charge in [-0.25, -0.2) is 0 Å². The molecule has 0 saturated heterocycles. The number of para-hydroxylation sites is 1. The number of amides is 1. The minimum atomic E-state index is -2.93. The topological polar surface area (TPSA) is 51.5 Å². The first-order valence-corrected chi connectivity index (χ1v) is 9.40. The Kier molecular flexibility index (Phi) is 4.72. The van der Waals surface area contributed by atoms with Gasteiger partial charge < -0.3 is 4.74 Å². The van der Waals surface area contributed by atoms with E-state index >= 15 is 0 Å². The molecular weight excluding hydrogens is 386 g/mol. The van der Waals surface area contributed by atoms with Crippen molar-refractivity contribution in [3.63, 3.8) is 0 Å². The lowest BCUT2D eigenvalue weighted by molar-refractivity contribution is -0.118. The van der Waals surface area contributed by atoms with Crippen molar-refractivity contribution in [2.24, 2.45) is 7.05 Å². The molecule has 0 aliphatic carbocycles. The van der Waals surface area contributed by atoms with Gasteiger partial charge in [-0.05, 0) is 29.8 Å². The van der Waals surface area contributed by atoms with Crippen molar-refractivity contribution < 1.29 is 18.3 Å². The van der Waals surface area contributed by atoms with Crippen LogP contribution < -0.4 is 14.5 Å². The summed E-state index contributed by atoms with van der Waals surface area (Å²) in [6, 6.07) is 15.4. The number of anilines is 2. The third kappa shape index (κ3) is 3.20. The first-order valence-electron chi connectivity index (χ1n) is 8.58. The fourth-order valence-electron chi connectivity index (χ4n) is 3.44. The third-order valence-electron chi connectivity index (χ3n) is 4.67. The number of benzene rings is 2. The largest absolute Gasteiger partial charge is 0.435 e. The third-order valence-corrected chi connectivity index (χ3v) is 5.80. The average Bonchev–Trinajstić information content (AvgIpc) is 2.96. The predicted octanol–water partition coefficient (Wildman–Crippen LogP) is 4.25. The zero-order valence-electron chi connectivity index (χ0n) is 14.8. The fraction of sp³-hybridized carbons (Fsp3) is 0.200. The Balaban J connectivity index is 1.83. The van der Waals surface area contributed by atoms with Gasteiger partial charge in [-0.2, -0.15) is 8.78 Å². The summed E-state index contributed by atoms with van der Waals surface area (Å²) in [5.74, 6) is -0.0298. The zero-order chi connectivity index (χ0) is 19.8. The van der Waals surface area contributed by atoms with Crippen molar-refractivity contribution in [1.29, 1.82) is 0 Å². The Labute approximate surface area is 163 Å². The first kappa shape index (κ1) is 18.4. The van der Waals surface area contributed by atoms with Crippen LogP contribution in [0.3, 0.4) is 0 Å². The maximum Gasteiger partial charge on any atom is 0.387 e. The summed E-state index contributed by atoms with van der Waals surface area (Å²) in [6.45, 7) is -2.93. The van der Waals surface area contributed by atoms with E-state index in [4.69, 9.17) is 0 Å². The van der Waals surface area contributed by atoms with Crippen LogP contribution in [-0.2, 0) is 11.8 Å². The summed E-state index contributed by atoms with van der Waals surface area (Å²) in [5, 5.41) is 0. The van der Waals surface area contributed by atoms with Gasteiger partial charge in [-0.3, -0.25) is 19.1 Å². The van der Waals surface area contributed by atoms with Crippen LogP contribution in [0.15, 0.2) is 59.4 Å². The van der Waals surface area contributed by atoms with Crippen molar-refractivity contribution in [3.05, 3.63) is 74.7 Å². The van der Waals surface area contributed by atoms with Gasteiger partial charge >= 0.3 is 11.5 Å². The highest BCUT2D eigenvalue weighted by Crippen LogP contribution is 2.44. The first-order chi connectivity index (χ1) is 13.5. The van der Waals surface area contributed by atoms with Gasteiger partial charge in [0.1, 0.15) is 11.6 Å². The number of thiazole rings is 1. The number of hydrogen-bond donors (Lipinski definition) is 0. The standard InChI is InChI=1S/C20H16F2N2O3S/c1-23-18-17(28-20(23)26)15(12-6-5-9-14(10-12)27-19(21)22)11-16(25)24(18)13-7-3-2-4-8-13/h2-10,15,19H,11H2,1H3/t15-/m1/s1. The number of hydrogen-bond acceptors (Lipinski definition) is 4.